The van der Waals surface area contributed by atoms with E-state index < -0.39 is 6.09 Å². The molecular formula is C29H34N4O3. The van der Waals surface area contributed by atoms with Crippen molar-refractivity contribution in [1.29, 1.82) is 0 Å². The molecule has 1 aromatic heterocycles. The molecule has 0 aliphatic heterocycles. The molecule has 4 rings (SSSR count). The van der Waals surface area contributed by atoms with Crippen LogP contribution in [0.5, 0.6) is 0 Å². The van der Waals surface area contributed by atoms with Crippen molar-refractivity contribution < 1.29 is 14.3 Å². The Morgan fingerprint density at radius 1 is 1.00 bits per heavy atom. The molecule has 36 heavy (non-hydrogen) atoms. The number of methoxy groups -OCH3 is 1. The minimum atomic E-state index is -0.512. The van der Waals surface area contributed by atoms with Crippen LogP contribution in [0.1, 0.15) is 42.9 Å². The maximum absolute atomic E-state index is 13.3. The van der Waals surface area contributed by atoms with Gasteiger partial charge in [0.05, 0.1) is 13.2 Å². The third kappa shape index (κ3) is 6.70. The van der Waals surface area contributed by atoms with Gasteiger partial charge < -0.3 is 15.8 Å². The summed E-state index contributed by atoms with van der Waals surface area (Å²) in [7, 11) is 1.33. The van der Waals surface area contributed by atoms with Gasteiger partial charge in [-0.2, -0.15) is 0 Å². The van der Waals surface area contributed by atoms with Crippen molar-refractivity contribution >= 4 is 17.7 Å². The van der Waals surface area contributed by atoms with E-state index >= 15 is 0 Å². The van der Waals surface area contributed by atoms with Gasteiger partial charge in [0.1, 0.15) is 0 Å². The van der Waals surface area contributed by atoms with Crippen molar-refractivity contribution in [3.8, 4) is 11.1 Å². The highest BCUT2D eigenvalue weighted by Gasteiger charge is 2.27. The van der Waals surface area contributed by atoms with E-state index in [2.05, 4.69) is 38.6 Å². The predicted molar refractivity (Wildman–Crippen MR) is 141 cm³/mol. The van der Waals surface area contributed by atoms with Gasteiger partial charge in [-0.1, -0.05) is 42.5 Å². The molecule has 0 spiro atoms. The Labute approximate surface area is 212 Å². The number of carbonyl (C=O) groups is 2. The van der Waals surface area contributed by atoms with Crippen molar-refractivity contribution in [3.63, 3.8) is 0 Å². The molecule has 1 unspecified atom stereocenters. The number of amides is 2. The average molecular weight is 487 g/mol. The molecule has 0 bridgehead atoms. The van der Waals surface area contributed by atoms with E-state index in [1.165, 1.54) is 7.11 Å². The van der Waals surface area contributed by atoms with Crippen LogP contribution in [0, 0.1) is 11.8 Å². The number of hydrogen-bond acceptors (Lipinski definition) is 5. The number of nitrogens with zero attached hydrogens (tertiary/aromatic N) is 1. The number of anilines is 1. The number of aromatic nitrogens is 1. The largest absolute Gasteiger partial charge is 0.453 e. The number of carbonyl (C=O) groups excluding carboxylic acids is 2. The zero-order chi connectivity index (χ0) is 25.3. The lowest BCUT2D eigenvalue weighted by Gasteiger charge is -2.29. The number of nitrogens with one attached hydrogen (secondary N) is 2. The third-order valence-electron chi connectivity index (χ3n) is 6.96. The molecule has 0 radical (unpaired) electrons. The molecule has 1 fully saturated rings. The summed E-state index contributed by atoms with van der Waals surface area (Å²) in [6, 6.07) is 19.6. The molecule has 188 valence electrons. The van der Waals surface area contributed by atoms with Gasteiger partial charge in [0.15, 0.2) is 0 Å². The molecule has 1 saturated carbocycles. The molecule has 0 saturated heterocycles. The number of pyridine rings is 1. The molecule has 4 N–H and O–H groups in total. The van der Waals surface area contributed by atoms with Crippen LogP contribution in [-0.4, -0.2) is 30.6 Å². The standard InChI is InChI=1S/C29H34N4O3/c1-36-29(35)32-26-13-11-22(12-14-26)24-16-25(19-31-18-24)27(15-20-5-3-2-4-6-20)33-28(34)23-9-7-21(17-30)8-10-23/h2-6,11-14,16,18-19,21,23,27H,7-10,15,17,30H2,1H3,(H,32,35)(H,33,34)/t21-,23-,27?. The lowest BCUT2D eigenvalue weighted by Crippen LogP contribution is -2.37. The van der Waals surface area contributed by atoms with Gasteiger partial charge in [0.2, 0.25) is 5.91 Å². The number of benzene rings is 2. The van der Waals surface area contributed by atoms with E-state index in [4.69, 9.17) is 5.73 Å². The number of ether oxygens (including phenoxy) is 1. The van der Waals surface area contributed by atoms with Crippen LogP contribution in [0.25, 0.3) is 11.1 Å². The predicted octanol–water partition coefficient (Wildman–Crippen LogP) is 5.09. The quantitative estimate of drug-likeness (QED) is 0.411. The van der Waals surface area contributed by atoms with Crippen molar-refractivity contribution in [2.45, 2.75) is 38.1 Å². The second-order valence-corrected chi connectivity index (χ2v) is 9.41. The first-order valence-corrected chi connectivity index (χ1v) is 12.5. The topological polar surface area (TPSA) is 106 Å². The van der Waals surface area contributed by atoms with Crippen LogP contribution >= 0.6 is 0 Å². The minimum Gasteiger partial charge on any atom is -0.453 e. The van der Waals surface area contributed by atoms with Crippen LogP contribution in [0.3, 0.4) is 0 Å². The van der Waals surface area contributed by atoms with Gasteiger partial charge >= 0.3 is 6.09 Å². The van der Waals surface area contributed by atoms with Crippen LogP contribution in [0.2, 0.25) is 0 Å². The van der Waals surface area contributed by atoms with E-state index in [1.54, 1.807) is 0 Å². The van der Waals surface area contributed by atoms with Crippen LogP contribution in [0.4, 0.5) is 10.5 Å². The van der Waals surface area contributed by atoms with E-state index in [1.807, 2.05) is 54.9 Å². The van der Waals surface area contributed by atoms with Crippen molar-refractivity contribution in [2.24, 2.45) is 17.6 Å². The van der Waals surface area contributed by atoms with E-state index in [9.17, 15) is 9.59 Å². The molecule has 7 nitrogen and oxygen atoms in total. The number of rotatable bonds is 8. The molecule has 1 aliphatic carbocycles. The van der Waals surface area contributed by atoms with Gasteiger partial charge in [-0.3, -0.25) is 15.1 Å². The van der Waals surface area contributed by atoms with Crippen molar-refractivity contribution in [2.75, 3.05) is 19.0 Å². The Kier molecular flexibility index (Phi) is 8.68. The highest BCUT2D eigenvalue weighted by molar-refractivity contribution is 5.85. The van der Waals surface area contributed by atoms with Gasteiger partial charge in [0, 0.05) is 29.6 Å². The zero-order valence-electron chi connectivity index (χ0n) is 20.7. The monoisotopic (exact) mass is 486 g/mol. The van der Waals surface area contributed by atoms with Gasteiger partial charge in [-0.25, -0.2) is 4.79 Å². The Morgan fingerprint density at radius 2 is 1.72 bits per heavy atom. The Bertz CT molecular complexity index is 1140. The summed E-state index contributed by atoms with van der Waals surface area (Å²) in [4.78, 5) is 29.2. The normalized spacial score (nSPS) is 18.2. The van der Waals surface area contributed by atoms with Gasteiger partial charge in [-0.15, -0.1) is 0 Å². The first-order chi connectivity index (χ1) is 17.6. The minimum absolute atomic E-state index is 0.0251. The lowest BCUT2D eigenvalue weighted by atomic mass is 9.81. The Hall–Kier alpha value is -3.71. The molecule has 2 aromatic carbocycles. The average Bonchev–Trinajstić information content (AvgIpc) is 2.93. The van der Waals surface area contributed by atoms with Crippen LogP contribution in [-0.2, 0) is 16.0 Å². The fourth-order valence-electron chi connectivity index (χ4n) is 4.77. The molecule has 2 amide bonds. The van der Waals surface area contributed by atoms with Crippen LogP contribution in [0.15, 0.2) is 73.1 Å². The summed E-state index contributed by atoms with van der Waals surface area (Å²) in [5.41, 5.74) is 10.5. The second-order valence-electron chi connectivity index (χ2n) is 9.41. The summed E-state index contributed by atoms with van der Waals surface area (Å²) in [5.74, 6) is 0.663. The molecule has 7 heteroatoms. The fraction of sp³-hybridized carbons (Fsp3) is 0.345. The van der Waals surface area contributed by atoms with Crippen LogP contribution < -0.4 is 16.4 Å². The van der Waals surface area contributed by atoms with E-state index in [0.29, 0.717) is 24.6 Å². The summed E-state index contributed by atoms with van der Waals surface area (Å²) in [5, 5.41) is 5.98. The molecule has 3 aromatic rings. The molecular weight excluding hydrogens is 452 g/mol. The van der Waals surface area contributed by atoms with Crippen molar-refractivity contribution in [1.82, 2.24) is 10.3 Å². The maximum atomic E-state index is 13.3. The second kappa shape index (κ2) is 12.3. The van der Waals surface area contributed by atoms with Gasteiger partial charge in [-0.05, 0) is 79.5 Å². The van der Waals surface area contributed by atoms with E-state index in [0.717, 1.165) is 47.9 Å². The Balaban J connectivity index is 1.54. The summed E-state index contributed by atoms with van der Waals surface area (Å²) in [6.07, 6.45) is 7.59. The zero-order valence-corrected chi connectivity index (χ0v) is 20.7. The molecule has 1 heterocycles. The fourth-order valence-corrected chi connectivity index (χ4v) is 4.77. The first kappa shape index (κ1) is 25.4. The summed E-state index contributed by atoms with van der Waals surface area (Å²) >= 11 is 0. The van der Waals surface area contributed by atoms with Crippen molar-refractivity contribution in [3.05, 3.63) is 84.2 Å². The van der Waals surface area contributed by atoms with Gasteiger partial charge in [0.25, 0.3) is 0 Å². The molecule has 1 aliphatic rings. The number of hydrogen-bond donors (Lipinski definition) is 3. The summed E-state index contributed by atoms with van der Waals surface area (Å²) in [6.45, 7) is 0.698. The third-order valence-corrected chi connectivity index (χ3v) is 6.96. The van der Waals surface area contributed by atoms with E-state index in [-0.39, 0.29) is 17.9 Å². The highest BCUT2D eigenvalue weighted by Crippen LogP contribution is 2.30. The molecule has 1 atom stereocenters. The first-order valence-electron chi connectivity index (χ1n) is 12.5. The summed E-state index contributed by atoms with van der Waals surface area (Å²) < 4.78 is 4.65. The Morgan fingerprint density at radius 3 is 2.39 bits per heavy atom. The smallest absolute Gasteiger partial charge is 0.411 e. The maximum Gasteiger partial charge on any atom is 0.411 e. The SMILES string of the molecule is COC(=O)Nc1ccc(-c2cncc(C(Cc3ccccc3)NC(=O)[C@H]3CC[C@H](CN)CC3)c2)cc1. The number of nitrogens with two attached hydrogens (primary N) is 1. The highest BCUT2D eigenvalue weighted by atomic mass is 16.5. The lowest BCUT2D eigenvalue weighted by molar-refractivity contribution is -0.127.